The number of nitrogens with one attached hydrogen (secondary N) is 1. The lowest BCUT2D eigenvalue weighted by atomic mass is 10.00. The summed E-state index contributed by atoms with van der Waals surface area (Å²) in [6.07, 6.45) is -0.881. The van der Waals surface area contributed by atoms with Crippen molar-refractivity contribution >= 4 is 41.1 Å². The van der Waals surface area contributed by atoms with Gasteiger partial charge in [-0.3, -0.25) is 18.7 Å². The minimum atomic E-state index is -4.12. The molecule has 0 aliphatic heterocycles. The minimum Gasteiger partial charge on any atom is -0.461 e. The molecule has 3 atom stereocenters. The molecule has 0 aliphatic carbocycles. The molecule has 0 saturated carbocycles. The van der Waals surface area contributed by atoms with Crippen molar-refractivity contribution in [1.29, 1.82) is 0 Å². The van der Waals surface area contributed by atoms with E-state index in [4.69, 9.17) is 15.0 Å². The zero-order valence-electron chi connectivity index (χ0n) is 18.0. The predicted molar refractivity (Wildman–Crippen MR) is 126 cm³/mol. The van der Waals surface area contributed by atoms with Gasteiger partial charge in [0.1, 0.15) is 12.8 Å². The van der Waals surface area contributed by atoms with Gasteiger partial charge in [-0.2, -0.15) is 0 Å². The molecule has 1 amide bonds. The molecule has 2 aromatic carbocycles. The second-order valence-electron chi connectivity index (χ2n) is 7.32. The summed E-state index contributed by atoms with van der Waals surface area (Å²) in [4.78, 5) is 34.9. The quantitative estimate of drug-likeness (QED) is 0.227. The molecule has 8 nitrogen and oxygen atoms in total. The summed E-state index contributed by atoms with van der Waals surface area (Å²) in [7, 11) is -4.12. The average molecular weight is 527 g/mol. The van der Waals surface area contributed by atoms with Crippen LogP contribution in [0.1, 0.15) is 31.4 Å². The molecule has 3 unspecified atom stereocenters. The first kappa shape index (κ1) is 26.2. The van der Waals surface area contributed by atoms with Crippen LogP contribution >= 0.6 is 23.5 Å². The van der Waals surface area contributed by atoms with E-state index in [0.717, 1.165) is 10.0 Å². The van der Waals surface area contributed by atoms with Crippen LogP contribution in [0.4, 0.5) is 5.69 Å². The molecule has 0 radical (unpaired) electrons. The van der Waals surface area contributed by atoms with Crippen LogP contribution in [0.3, 0.4) is 0 Å². The fourth-order valence-electron chi connectivity index (χ4n) is 2.99. The Morgan fingerprint density at radius 2 is 1.84 bits per heavy atom. The van der Waals surface area contributed by atoms with Crippen LogP contribution in [0.15, 0.2) is 53.0 Å². The highest BCUT2D eigenvalue weighted by molar-refractivity contribution is 9.10. The third-order valence-electron chi connectivity index (χ3n) is 4.50. The molecular formula is C22H28BrN2O6P. The van der Waals surface area contributed by atoms with E-state index < -0.39 is 31.8 Å². The number of hydrogen-bond acceptors (Lipinski definition) is 6. The van der Waals surface area contributed by atoms with Gasteiger partial charge in [0, 0.05) is 22.1 Å². The third-order valence-corrected chi connectivity index (χ3v) is 6.59. The van der Waals surface area contributed by atoms with Crippen molar-refractivity contribution in [3.63, 3.8) is 0 Å². The topological polar surface area (TPSA) is 128 Å². The average Bonchev–Trinajstić information content (AvgIpc) is 2.72. The molecule has 4 N–H and O–H groups in total. The summed E-state index contributed by atoms with van der Waals surface area (Å²) >= 11 is 3.37. The van der Waals surface area contributed by atoms with Gasteiger partial charge in [-0.1, -0.05) is 53.2 Å². The van der Waals surface area contributed by atoms with Crippen LogP contribution < -0.4 is 11.1 Å². The predicted octanol–water partition coefficient (Wildman–Crippen LogP) is 4.21. The van der Waals surface area contributed by atoms with Gasteiger partial charge in [0.05, 0.1) is 12.1 Å². The van der Waals surface area contributed by atoms with Crippen molar-refractivity contribution in [3.8, 4) is 0 Å². The van der Waals surface area contributed by atoms with Gasteiger partial charge in [-0.05, 0) is 37.1 Å². The van der Waals surface area contributed by atoms with Gasteiger partial charge in [-0.25, -0.2) is 0 Å². The minimum absolute atomic E-state index is 0.00674. The number of rotatable bonds is 11. The molecule has 0 bridgehead atoms. The summed E-state index contributed by atoms with van der Waals surface area (Å²) < 4.78 is 23.6. The maximum absolute atomic E-state index is 13.1. The van der Waals surface area contributed by atoms with Crippen molar-refractivity contribution in [3.05, 3.63) is 64.1 Å². The van der Waals surface area contributed by atoms with Gasteiger partial charge < -0.3 is 20.7 Å². The van der Waals surface area contributed by atoms with Crippen LogP contribution in [-0.2, 0) is 36.4 Å². The van der Waals surface area contributed by atoms with E-state index in [1.54, 1.807) is 31.2 Å². The van der Waals surface area contributed by atoms with E-state index in [0.29, 0.717) is 11.3 Å². The van der Waals surface area contributed by atoms with E-state index in [1.807, 2.05) is 24.3 Å². The van der Waals surface area contributed by atoms with E-state index >= 15 is 0 Å². The van der Waals surface area contributed by atoms with Crippen LogP contribution in [0.5, 0.6) is 0 Å². The first-order valence-electron chi connectivity index (χ1n) is 10.1. The number of carbonyl (C=O) groups excluding carboxylic acids is 2. The highest BCUT2D eigenvalue weighted by atomic mass is 79.9. The largest absolute Gasteiger partial charge is 0.461 e. The summed E-state index contributed by atoms with van der Waals surface area (Å²) in [6, 6.07) is 14.2. The molecule has 32 heavy (non-hydrogen) atoms. The highest BCUT2D eigenvalue weighted by Gasteiger charge is 2.31. The molecule has 2 aromatic rings. The first-order valence-corrected chi connectivity index (χ1v) is 12.7. The first-order chi connectivity index (χ1) is 15.1. The van der Waals surface area contributed by atoms with Gasteiger partial charge in [-0.15, -0.1) is 0 Å². The SMILES string of the molecule is CCC(=O)OCc1ccccc1NC(=O)C(Cc1ccc(Br)cc1)CP(=O)(O)OC(C)N. The molecule has 0 heterocycles. The zero-order chi connectivity index (χ0) is 23.7. The number of benzene rings is 2. The molecule has 174 valence electrons. The Morgan fingerprint density at radius 3 is 2.47 bits per heavy atom. The van der Waals surface area contributed by atoms with Crippen molar-refractivity contribution in [2.75, 3.05) is 11.5 Å². The molecule has 10 heteroatoms. The normalized spacial score (nSPS) is 14.8. The van der Waals surface area contributed by atoms with E-state index in [-0.39, 0.29) is 25.4 Å². The Bertz CT molecular complexity index is 967. The van der Waals surface area contributed by atoms with Crippen LogP contribution in [0.2, 0.25) is 0 Å². The molecular weight excluding hydrogens is 499 g/mol. The Kier molecular flexibility index (Phi) is 10.1. The molecule has 2 rings (SSSR count). The van der Waals surface area contributed by atoms with Gasteiger partial charge in [0.25, 0.3) is 0 Å². The lowest BCUT2D eigenvalue weighted by Gasteiger charge is -2.22. The van der Waals surface area contributed by atoms with Crippen LogP contribution in [0.25, 0.3) is 0 Å². The Hall–Kier alpha value is -2.03. The second-order valence-corrected chi connectivity index (χ2v) is 10.1. The lowest BCUT2D eigenvalue weighted by molar-refractivity contribution is -0.144. The fraction of sp³-hybridized carbons (Fsp3) is 0.364. The van der Waals surface area contributed by atoms with Crippen LogP contribution in [-0.4, -0.2) is 29.2 Å². The number of para-hydroxylation sites is 1. The van der Waals surface area contributed by atoms with Crippen molar-refractivity contribution in [2.45, 2.75) is 39.5 Å². The highest BCUT2D eigenvalue weighted by Crippen LogP contribution is 2.45. The standard InChI is InChI=1S/C22H28BrN2O6P/c1-3-21(26)30-13-17-6-4-5-7-20(17)25-22(27)18(14-32(28,29)31-15(2)24)12-16-8-10-19(23)11-9-16/h4-11,15,18H,3,12-14,24H2,1-2H3,(H,25,27)(H,28,29). The summed E-state index contributed by atoms with van der Waals surface area (Å²) in [5.74, 6) is -1.67. The van der Waals surface area contributed by atoms with Crippen LogP contribution in [0, 0.1) is 5.92 Å². The van der Waals surface area contributed by atoms with Crippen molar-refractivity contribution in [1.82, 2.24) is 0 Å². The molecule has 0 aromatic heterocycles. The number of anilines is 1. The lowest BCUT2D eigenvalue weighted by Crippen LogP contribution is -2.29. The molecule has 0 spiro atoms. The number of ether oxygens (including phenoxy) is 1. The summed E-state index contributed by atoms with van der Waals surface area (Å²) in [5, 5.41) is 2.80. The maximum atomic E-state index is 13.1. The smallest absolute Gasteiger partial charge is 0.330 e. The fourth-order valence-corrected chi connectivity index (χ4v) is 4.71. The van der Waals surface area contributed by atoms with Crippen molar-refractivity contribution in [2.24, 2.45) is 11.7 Å². The summed E-state index contributed by atoms with van der Waals surface area (Å²) in [6.45, 7) is 3.15. The van der Waals surface area contributed by atoms with E-state index in [1.165, 1.54) is 6.92 Å². The molecule has 0 saturated heterocycles. The number of carbonyl (C=O) groups is 2. The maximum Gasteiger partial charge on any atom is 0.330 e. The summed E-state index contributed by atoms with van der Waals surface area (Å²) in [5.41, 5.74) is 7.41. The van der Waals surface area contributed by atoms with Gasteiger partial charge >= 0.3 is 13.6 Å². The number of halogens is 1. The number of hydrogen-bond donors (Lipinski definition) is 3. The second kappa shape index (κ2) is 12.3. The van der Waals surface area contributed by atoms with Gasteiger partial charge in [0.15, 0.2) is 0 Å². The van der Waals surface area contributed by atoms with E-state index in [9.17, 15) is 19.0 Å². The van der Waals surface area contributed by atoms with E-state index in [2.05, 4.69) is 21.2 Å². The zero-order valence-corrected chi connectivity index (χ0v) is 20.5. The molecule has 0 aliphatic rings. The Morgan fingerprint density at radius 1 is 1.19 bits per heavy atom. The Labute approximate surface area is 196 Å². The monoisotopic (exact) mass is 526 g/mol. The van der Waals surface area contributed by atoms with Gasteiger partial charge in [0.2, 0.25) is 5.91 Å². The number of nitrogens with two attached hydrogens (primary N) is 1. The molecule has 0 fully saturated rings. The van der Waals surface area contributed by atoms with Crippen molar-refractivity contribution < 1.29 is 28.3 Å². The Balaban J connectivity index is 2.23. The number of esters is 1. The number of amides is 1. The third kappa shape index (κ3) is 8.84.